The maximum atomic E-state index is 12.3. The van der Waals surface area contributed by atoms with Crippen molar-refractivity contribution in [3.63, 3.8) is 0 Å². The number of likely N-dealkylation sites (N-methyl/N-ethyl adjacent to an activating group) is 1. The second-order valence-corrected chi connectivity index (χ2v) is 5.08. The van der Waals surface area contributed by atoms with E-state index in [1.165, 1.54) is 10.9 Å². The average molecular weight is 353 g/mol. The first-order valence-corrected chi connectivity index (χ1v) is 7.05. The van der Waals surface area contributed by atoms with Gasteiger partial charge in [0, 0.05) is 12.2 Å². The highest BCUT2D eigenvalue weighted by atomic mass is 79.9. The SMILES string of the molecule is CCN(C(=O)Cn1cc(Br)c([N+](=O)[O-])n1)c1ccccc1. The third-order valence-electron chi connectivity index (χ3n) is 2.85. The monoisotopic (exact) mass is 352 g/mol. The molecular formula is C13H13BrN4O3. The molecule has 0 atom stereocenters. The third-order valence-corrected chi connectivity index (χ3v) is 3.41. The molecule has 1 heterocycles. The Bertz CT molecular complexity index is 657. The van der Waals surface area contributed by atoms with Crippen LogP contribution in [0.25, 0.3) is 0 Å². The lowest BCUT2D eigenvalue weighted by atomic mass is 10.3. The van der Waals surface area contributed by atoms with Gasteiger partial charge < -0.3 is 15.0 Å². The summed E-state index contributed by atoms with van der Waals surface area (Å²) in [6.45, 7) is 2.31. The normalized spacial score (nSPS) is 10.4. The summed E-state index contributed by atoms with van der Waals surface area (Å²) in [5.74, 6) is -0.487. The van der Waals surface area contributed by atoms with Gasteiger partial charge >= 0.3 is 5.82 Å². The predicted octanol–water partition coefficient (Wildman–Crippen LogP) is 2.61. The van der Waals surface area contributed by atoms with Crippen LogP contribution >= 0.6 is 15.9 Å². The van der Waals surface area contributed by atoms with Gasteiger partial charge in [0.15, 0.2) is 0 Å². The van der Waals surface area contributed by atoms with Gasteiger partial charge in [-0.25, -0.2) is 0 Å². The van der Waals surface area contributed by atoms with E-state index < -0.39 is 4.92 Å². The molecule has 0 aliphatic heterocycles. The number of hydrogen-bond donors (Lipinski definition) is 0. The van der Waals surface area contributed by atoms with E-state index in [-0.39, 0.29) is 22.7 Å². The molecule has 2 aromatic rings. The van der Waals surface area contributed by atoms with Gasteiger partial charge in [-0.15, -0.1) is 0 Å². The van der Waals surface area contributed by atoms with Crippen LogP contribution in [0, 0.1) is 10.1 Å². The van der Waals surface area contributed by atoms with E-state index >= 15 is 0 Å². The molecule has 0 N–H and O–H groups in total. The lowest BCUT2D eigenvalue weighted by Crippen LogP contribution is -2.33. The number of halogens is 1. The molecule has 0 unspecified atom stereocenters. The Morgan fingerprint density at radius 1 is 1.43 bits per heavy atom. The fourth-order valence-electron chi connectivity index (χ4n) is 1.93. The summed E-state index contributed by atoms with van der Waals surface area (Å²) in [4.78, 5) is 24.1. The number of carbonyl (C=O) groups excluding carboxylic acids is 1. The first kappa shape index (κ1) is 15.2. The smallest absolute Gasteiger partial charge is 0.358 e. The average Bonchev–Trinajstić information content (AvgIpc) is 2.81. The Morgan fingerprint density at radius 2 is 2.10 bits per heavy atom. The number of para-hydroxylation sites is 1. The zero-order chi connectivity index (χ0) is 15.4. The lowest BCUT2D eigenvalue weighted by Gasteiger charge is -2.20. The molecule has 0 radical (unpaired) electrons. The Kier molecular flexibility index (Phi) is 4.69. The molecule has 0 bridgehead atoms. The van der Waals surface area contributed by atoms with Gasteiger partial charge in [0.2, 0.25) is 0 Å². The van der Waals surface area contributed by atoms with Crippen LogP contribution in [0.4, 0.5) is 11.5 Å². The zero-order valence-electron chi connectivity index (χ0n) is 11.3. The van der Waals surface area contributed by atoms with Crippen LogP contribution in [0.15, 0.2) is 41.0 Å². The van der Waals surface area contributed by atoms with Crippen molar-refractivity contribution in [1.29, 1.82) is 0 Å². The second-order valence-electron chi connectivity index (χ2n) is 4.23. The highest BCUT2D eigenvalue weighted by molar-refractivity contribution is 9.10. The van der Waals surface area contributed by atoms with Crippen LogP contribution in [-0.2, 0) is 11.3 Å². The van der Waals surface area contributed by atoms with E-state index in [1.807, 2.05) is 37.3 Å². The van der Waals surface area contributed by atoms with E-state index in [1.54, 1.807) is 4.90 Å². The molecule has 0 aliphatic carbocycles. The quantitative estimate of drug-likeness (QED) is 0.611. The number of nitro groups is 1. The van der Waals surface area contributed by atoms with Gasteiger partial charge in [-0.3, -0.25) is 4.79 Å². The van der Waals surface area contributed by atoms with Crippen molar-refractivity contribution >= 4 is 33.3 Å². The summed E-state index contributed by atoms with van der Waals surface area (Å²) in [6, 6.07) is 9.24. The zero-order valence-corrected chi connectivity index (χ0v) is 12.9. The molecule has 2 rings (SSSR count). The summed E-state index contributed by atoms with van der Waals surface area (Å²) in [6.07, 6.45) is 1.43. The van der Waals surface area contributed by atoms with Crippen molar-refractivity contribution in [3.8, 4) is 0 Å². The minimum absolute atomic E-state index is 0.0603. The minimum atomic E-state index is -0.597. The third kappa shape index (κ3) is 3.46. The molecule has 0 fully saturated rings. The van der Waals surface area contributed by atoms with Gasteiger partial charge in [0.1, 0.15) is 11.0 Å². The molecule has 0 saturated carbocycles. The fraction of sp³-hybridized carbons (Fsp3) is 0.231. The van der Waals surface area contributed by atoms with E-state index in [2.05, 4.69) is 21.0 Å². The fourth-order valence-corrected chi connectivity index (χ4v) is 2.39. The van der Waals surface area contributed by atoms with Crippen LogP contribution < -0.4 is 4.90 Å². The molecule has 1 aromatic carbocycles. The van der Waals surface area contributed by atoms with E-state index in [0.29, 0.717) is 6.54 Å². The van der Waals surface area contributed by atoms with Crippen LogP contribution in [0.5, 0.6) is 0 Å². The van der Waals surface area contributed by atoms with Crippen molar-refractivity contribution < 1.29 is 9.72 Å². The Labute approximate surface area is 129 Å². The van der Waals surface area contributed by atoms with Crippen LogP contribution in [0.3, 0.4) is 0 Å². The maximum absolute atomic E-state index is 12.3. The molecule has 1 aromatic heterocycles. The molecule has 0 aliphatic rings. The highest BCUT2D eigenvalue weighted by Gasteiger charge is 2.22. The predicted molar refractivity (Wildman–Crippen MR) is 81.1 cm³/mol. The molecule has 21 heavy (non-hydrogen) atoms. The van der Waals surface area contributed by atoms with E-state index in [9.17, 15) is 14.9 Å². The first-order valence-electron chi connectivity index (χ1n) is 6.25. The van der Waals surface area contributed by atoms with Gasteiger partial charge in [0.25, 0.3) is 5.91 Å². The molecule has 110 valence electrons. The van der Waals surface area contributed by atoms with Crippen LogP contribution in [-0.4, -0.2) is 27.2 Å². The summed E-state index contributed by atoms with van der Waals surface area (Å²) in [5.41, 5.74) is 0.783. The number of hydrogen-bond acceptors (Lipinski definition) is 4. The van der Waals surface area contributed by atoms with Gasteiger partial charge in [0.05, 0.1) is 11.3 Å². The topological polar surface area (TPSA) is 81.3 Å². The van der Waals surface area contributed by atoms with Gasteiger partial charge in [-0.1, -0.05) is 18.2 Å². The summed E-state index contributed by atoms with van der Waals surface area (Å²) in [7, 11) is 0. The van der Waals surface area contributed by atoms with Crippen LogP contribution in [0.2, 0.25) is 0 Å². The Hall–Kier alpha value is -2.22. The highest BCUT2D eigenvalue weighted by Crippen LogP contribution is 2.22. The number of benzene rings is 1. The number of anilines is 1. The summed E-state index contributed by atoms with van der Waals surface area (Å²) < 4.78 is 1.51. The maximum Gasteiger partial charge on any atom is 0.404 e. The molecule has 1 amide bonds. The first-order chi connectivity index (χ1) is 10.0. The van der Waals surface area contributed by atoms with Crippen molar-refractivity contribution in [2.24, 2.45) is 0 Å². The van der Waals surface area contributed by atoms with Gasteiger partial charge in [-0.2, -0.15) is 4.68 Å². The van der Waals surface area contributed by atoms with Crippen molar-refractivity contribution in [3.05, 3.63) is 51.1 Å². The lowest BCUT2D eigenvalue weighted by molar-refractivity contribution is -0.390. The van der Waals surface area contributed by atoms with Crippen molar-refractivity contribution in [2.45, 2.75) is 13.5 Å². The largest absolute Gasteiger partial charge is 0.404 e. The van der Waals surface area contributed by atoms with Crippen LogP contribution in [0.1, 0.15) is 6.92 Å². The number of aromatic nitrogens is 2. The summed E-state index contributed by atoms with van der Waals surface area (Å²) in [5, 5.41) is 14.5. The Balaban J connectivity index is 2.17. The number of amides is 1. The molecular weight excluding hydrogens is 340 g/mol. The van der Waals surface area contributed by atoms with Gasteiger partial charge in [-0.05, 0) is 39.9 Å². The number of carbonyl (C=O) groups is 1. The molecule has 0 saturated heterocycles. The number of nitrogens with zero attached hydrogens (tertiary/aromatic N) is 4. The van der Waals surface area contributed by atoms with E-state index in [4.69, 9.17) is 0 Å². The second kappa shape index (κ2) is 6.49. The summed E-state index contributed by atoms with van der Waals surface area (Å²) >= 11 is 3.06. The number of rotatable bonds is 5. The molecule has 7 nitrogen and oxygen atoms in total. The standard InChI is InChI=1S/C13H13BrN4O3/c1-2-17(10-6-4-3-5-7-10)12(19)9-16-8-11(14)13(15-16)18(20)21/h3-8H,2,9H2,1H3. The van der Waals surface area contributed by atoms with Crippen molar-refractivity contribution in [2.75, 3.05) is 11.4 Å². The van der Waals surface area contributed by atoms with Crippen molar-refractivity contribution in [1.82, 2.24) is 9.78 Å². The molecule has 8 heteroatoms. The Morgan fingerprint density at radius 3 is 2.62 bits per heavy atom. The van der Waals surface area contributed by atoms with E-state index in [0.717, 1.165) is 5.69 Å². The minimum Gasteiger partial charge on any atom is -0.358 e. The molecule has 0 spiro atoms.